The van der Waals surface area contributed by atoms with E-state index in [-0.39, 0.29) is 17.6 Å². The highest BCUT2D eigenvalue weighted by Crippen LogP contribution is 2.31. The highest BCUT2D eigenvalue weighted by Gasteiger charge is 2.25. The number of urea groups is 1. The monoisotopic (exact) mass is 559 g/mol. The lowest BCUT2D eigenvalue weighted by molar-refractivity contribution is 0.0693. The number of aryl methyl sites for hydroxylation is 1. The lowest BCUT2D eigenvalue weighted by atomic mass is 10.1. The van der Waals surface area contributed by atoms with Gasteiger partial charge in [0, 0.05) is 44.2 Å². The molecular weight excluding hydrogens is 529 g/mol. The zero-order valence-corrected chi connectivity index (χ0v) is 22.9. The van der Waals surface area contributed by atoms with Gasteiger partial charge in [-0.15, -0.1) is 0 Å². The number of methoxy groups -OCH3 is 1. The third-order valence-electron chi connectivity index (χ3n) is 6.32. The van der Waals surface area contributed by atoms with Crippen LogP contribution in [-0.4, -0.2) is 54.7 Å². The van der Waals surface area contributed by atoms with E-state index in [4.69, 9.17) is 32.7 Å². The molecule has 11 heteroatoms. The Hall–Kier alpha value is -3.11. The average Bonchev–Trinajstić information content (AvgIpc) is 3.23. The van der Waals surface area contributed by atoms with Gasteiger partial charge in [-0.05, 0) is 62.4 Å². The molecule has 3 N–H and O–H groups in total. The molecule has 0 unspecified atom stereocenters. The molecule has 0 atom stereocenters. The smallest absolute Gasteiger partial charge is 0.324 e. The third kappa shape index (κ3) is 6.85. The molecule has 3 aromatic rings. The summed E-state index contributed by atoms with van der Waals surface area (Å²) in [5, 5.41) is 14.1. The van der Waals surface area contributed by atoms with Gasteiger partial charge in [-0.25, -0.2) is 9.48 Å². The zero-order valence-electron chi connectivity index (χ0n) is 21.4. The summed E-state index contributed by atoms with van der Waals surface area (Å²) in [5.74, 6) is 0.0873. The van der Waals surface area contributed by atoms with E-state index < -0.39 is 6.03 Å². The first-order chi connectivity index (χ1) is 18.4. The average molecular weight is 560 g/mol. The Morgan fingerprint density at radius 3 is 2.53 bits per heavy atom. The molecule has 202 valence electrons. The topological polar surface area (TPSA) is 107 Å². The fraction of sp³-hybridized carbons (Fsp3) is 0.370. The van der Waals surface area contributed by atoms with Crippen molar-refractivity contribution in [2.45, 2.75) is 38.6 Å². The number of para-hydroxylation sites is 1. The molecule has 9 nitrogen and oxygen atoms in total. The zero-order chi connectivity index (χ0) is 27.1. The van der Waals surface area contributed by atoms with Crippen molar-refractivity contribution in [3.8, 4) is 5.69 Å². The van der Waals surface area contributed by atoms with E-state index in [1.165, 1.54) is 0 Å². The van der Waals surface area contributed by atoms with Crippen molar-refractivity contribution in [3.05, 3.63) is 69.3 Å². The van der Waals surface area contributed by atoms with Gasteiger partial charge in [-0.1, -0.05) is 41.4 Å². The Morgan fingerprint density at radius 1 is 1.11 bits per heavy atom. The summed E-state index contributed by atoms with van der Waals surface area (Å²) >= 11 is 12.5. The quantitative estimate of drug-likeness (QED) is 0.295. The molecule has 3 amide bonds. The molecule has 0 radical (unpaired) electrons. The first kappa shape index (κ1) is 27.9. The van der Waals surface area contributed by atoms with Crippen LogP contribution in [0.25, 0.3) is 5.69 Å². The first-order valence-electron chi connectivity index (χ1n) is 12.5. The van der Waals surface area contributed by atoms with Crippen molar-refractivity contribution in [2.24, 2.45) is 0 Å². The van der Waals surface area contributed by atoms with Gasteiger partial charge in [-0.2, -0.15) is 5.10 Å². The highest BCUT2D eigenvalue weighted by molar-refractivity contribution is 6.42. The van der Waals surface area contributed by atoms with Gasteiger partial charge < -0.3 is 20.1 Å². The van der Waals surface area contributed by atoms with E-state index in [1.54, 1.807) is 30.8 Å². The number of hydrogen-bond acceptors (Lipinski definition) is 5. The van der Waals surface area contributed by atoms with Crippen LogP contribution in [0.1, 0.15) is 40.9 Å². The summed E-state index contributed by atoms with van der Waals surface area (Å²) in [4.78, 5) is 26.4. The maximum atomic E-state index is 13.2. The number of ether oxygens (including phenoxy) is 2. The summed E-state index contributed by atoms with van der Waals surface area (Å²) in [6.07, 6.45) is 2.87. The normalized spacial score (nSPS) is 13.8. The second kappa shape index (κ2) is 13.1. The van der Waals surface area contributed by atoms with Crippen LogP contribution in [-0.2, 0) is 15.9 Å². The number of rotatable bonds is 9. The van der Waals surface area contributed by atoms with Crippen molar-refractivity contribution >= 4 is 46.6 Å². The molecule has 0 bridgehead atoms. The Labute approximate surface area is 231 Å². The summed E-state index contributed by atoms with van der Waals surface area (Å²) < 4.78 is 12.1. The fourth-order valence-electron chi connectivity index (χ4n) is 4.29. The van der Waals surface area contributed by atoms with Crippen LogP contribution >= 0.6 is 23.2 Å². The van der Waals surface area contributed by atoms with E-state index in [1.807, 2.05) is 30.3 Å². The number of amides is 3. The molecule has 2 heterocycles. The maximum Gasteiger partial charge on any atom is 0.324 e. The number of halogens is 2. The molecule has 1 aliphatic rings. The lowest BCUT2D eigenvalue weighted by Crippen LogP contribution is -2.39. The highest BCUT2D eigenvalue weighted by atomic mass is 35.5. The van der Waals surface area contributed by atoms with Crippen molar-refractivity contribution in [2.75, 3.05) is 37.6 Å². The first-order valence-corrected chi connectivity index (χ1v) is 13.2. The Morgan fingerprint density at radius 2 is 1.82 bits per heavy atom. The van der Waals surface area contributed by atoms with Gasteiger partial charge in [0.25, 0.3) is 5.91 Å². The van der Waals surface area contributed by atoms with Gasteiger partial charge in [0.1, 0.15) is 5.82 Å². The molecular formula is C27H31Cl2N5O4. The van der Waals surface area contributed by atoms with E-state index in [2.05, 4.69) is 21.0 Å². The van der Waals surface area contributed by atoms with Crippen LogP contribution in [0.3, 0.4) is 0 Å². The van der Waals surface area contributed by atoms with Gasteiger partial charge in [0.2, 0.25) is 0 Å². The van der Waals surface area contributed by atoms with Crippen LogP contribution < -0.4 is 16.0 Å². The molecule has 1 saturated heterocycles. The SMILES string of the molecule is COCCCc1cc(Cl)c(Cl)cc1NC(=O)Nc1c(C)c(C(=O)NC2CCOCC2)nn1-c1ccccc1. The molecule has 38 heavy (non-hydrogen) atoms. The van der Waals surface area contributed by atoms with E-state index in [0.29, 0.717) is 59.0 Å². The Bertz CT molecular complexity index is 1280. The standard InChI is InChI=1S/C27H31Cl2N5O4/c1-17-24(26(35)30-19-10-13-38-14-11-19)33-34(20-8-4-3-5-9-20)25(17)32-27(36)31-23-16-22(29)21(28)15-18(23)7-6-12-37-2/h3-5,8-9,15-16,19H,6-7,10-14H2,1-2H3,(H,30,35)(H2,31,32,36). The summed E-state index contributed by atoms with van der Waals surface area (Å²) in [6, 6.07) is 12.2. The molecule has 2 aromatic carbocycles. The molecule has 1 aromatic heterocycles. The molecule has 1 fully saturated rings. The number of anilines is 2. The number of aromatic nitrogens is 2. The minimum atomic E-state index is -0.507. The minimum Gasteiger partial charge on any atom is -0.385 e. The van der Waals surface area contributed by atoms with Gasteiger partial charge in [0.05, 0.1) is 15.7 Å². The number of hydrogen-bond donors (Lipinski definition) is 3. The summed E-state index contributed by atoms with van der Waals surface area (Å²) in [6.45, 7) is 3.55. The van der Waals surface area contributed by atoms with Crippen LogP contribution in [0, 0.1) is 6.92 Å². The maximum absolute atomic E-state index is 13.2. The molecule has 1 aliphatic heterocycles. The van der Waals surface area contributed by atoms with Gasteiger partial charge in [-0.3, -0.25) is 10.1 Å². The van der Waals surface area contributed by atoms with Crippen molar-refractivity contribution in [3.63, 3.8) is 0 Å². The summed E-state index contributed by atoms with van der Waals surface area (Å²) in [7, 11) is 1.64. The Kier molecular flexibility index (Phi) is 9.63. The van der Waals surface area contributed by atoms with Crippen LogP contribution in [0.15, 0.2) is 42.5 Å². The molecule has 0 saturated carbocycles. The predicted octanol–water partition coefficient (Wildman–Crippen LogP) is 5.62. The minimum absolute atomic E-state index is 0.0171. The van der Waals surface area contributed by atoms with E-state index in [9.17, 15) is 9.59 Å². The Balaban J connectivity index is 1.60. The van der Waals surface area contributed by atoms with Gasteiger partial charge in [0.15, 0.2) is 5.69 Å². The number of carbonyl (C=O) groups excluding carboxylic acids is 2. The number of carbonyl (C=O) groups is 2. The van der Waals surface area contributed by atoms with E-state index in [0.717, 1.165) is 24.8 Å². The van der Waals surface area contributed by atoms with Gasteiger partial charge >= 0.3 is 6.03 Å². The van der Waals surface area contributed by atoms with Crippen LogP contribution in [0.4, 0.5) is 16.3 Å². The third-order valence-corrected chi connectivity index (χ3v) is 7.04. The molecule has 0 aliphatic carbocycles. The fourth-order valence-corrected chi connectivity index (χ4v) is 4.64. The predicted molar refractivity (Wildman–Crippen MR) is 149 cm³/mol. The summed E-state index contributed by atoms with van der Waals surface area (Å²) in [5.41, 5.74) is 2.85. The molecule has 0 spiro atoms. The number of nitrogens with zero attached hydrogens (tertiary/aromatic N) is 2. The lowest BCUT2D eigenvalue weighted by Gasteiger charge is -2.22. The number of benzene rings is 2. The van der Waals surface area contributed by atoms with Crippen molar-refractivity contribution < 1.29 is 19.1 Å². The van der Waals surface area contributed by atoms with Crippen molar-refractivity contribution in [1.82, 2.24) is 15.1 Å². The van der Waals surface area contributed by atoms with Crippen LogP contribution in [0.2, 0.25) is 10.0 Å². The number of nitrogens with one attached hydrogen (secondary N) is 3. The second-order valence-corrected chi connectivity index (χ2v) is 9.84. The van der Waals surface area contributed by atoms with E-state index >= 15 is 0 Å². The van der Waals surface area contributed by atoms with Crippen LogP contribution in [0.5, 0.6) is 0 Å². The second-order valence-electron chi connectivity index (χ2n) is 9.03. The van der Waals surface area contributed by atoms with Crippen molar-refractivity contribution in [1.29, 1.82) is 0 Å². The molecule has 4 rings (SSSR count). The largest absolute Gasteiger partial charge is 0.385 e.